The number of carbonyl (C=O) groups is 2. The highest BCUT2D eigenvalue weighted by atomic mass is 19.4. The van der Waals surface area contributed by atoms with Crippen LogP contribution in [0.5, 0.6) is 0 Å². The van der Waals surface area contributed by atoms with Crippen LogP contribution in [-0.2, 0) is 12.7 Å². The van der Waals surface area contributed by atoms with Crippen LogP contribution >= 0.6 is 0 Å². The summed E-state index contributed by atoms with van der Waals surface area (Å²) in [5.74, 6) is -0.532. The Balaban J connectivity index is 2.14. The number of para-hydroxylation sites is 1. The van der Waals surface area contributed by atoms with Crippen LogP contribution in [0.2, 0.25) is 0 Å². The van der Waals surface area contributed by atoms with Gasteiger partial charge in [0.1, 0.15) is 6.29 Å². The first-order valence-corrected chi connectivity index (χ1v) is 6.48. The van der Waals surface area contributed by atoms with E-state index < -0.39 is 17.6 Å². The number of hydrogen-bond donors (Lipinski definition) is 0. The Kier molecular flexibility index (Phi) is 3.24. The van der Waals surface area contributed by atoms with Gasteiger partial charge in [0.25, 0.3) is 5.91 Å². The van der Waals surface area contributed by atoms with E-state index in [0.29, 0.717) is 12.0 Å². The third kappa shape index (κ3) is 2.26. The molecular formula is C16H10F3NO2. The van der Waals surface area contributed by atoms with Gasteiger partial charge in [-0.2, -0.15) is 13.2 Å². The van der Waals surface area contributed by atoms with Crippen LogP contribution in [-0.4, -0.2) is 12.2 Å². The van der Waals surface area contributed by atoms with Crippen LogP contribution < -0.4 is 4.90 Å². The molecule has 1 aliphatic rings. The zero-order chi connectivity index (χ0) is 15.9. The van der Waals surface area contributed by atoms with Crippen molar-refractivity contribution in [1.29, 1.82) is 0 Å². The summed E-state index contributed by atoms with van der Waals surface area (Å²) < 4.78 is 39.5. The standard InChI is InChI=1S/C16H10F3NO2/c17-16(18,19)14-7-10(9-21)6-12-13(14)8-20(15(12)22)11-4-2-1-3-5-11/h1-7,9H,8H2. The van der Waals surface area contributed by atoms with Crippen LogP contribution in [0.1, 0.15) is 31.8 Å². The molecule has 112 valence electrons. The van der Waals surface area contributed by atoms with E-state index >= 15 is 0 Å². The van der Waals surface area contributed by atoms with Crippen LogP contribution in [0, 0.1) is 0 Å². The molecular weight excluding hydrogens is 295 g/mol. The predicted molar refractivity (Wildman–Crippen MR) is 73.8 cm³/mol. The van der Waals surface area contributed by atoms with Gasteiger partial charge in [0.05, 0.1) is 12.1 Å². The summed E-state index contributed by atoms with van der Waals surface area (Å²) in [6.07, 6.45) is -4.30. The molecule has 2 aromatic rings. The second-order valence-corrected chi connectivity index (χ2v) is 4.94. The topological polar surface area (TPSA) is 37.4 Å². The maximum absolute atomic E-state index is 13.2. The van der Waals surface area contributed by atoms with Crippen LogP contribution in [0.4, 0.5) is 18.9 Å². The summed E-state index contributed by atoms with van der Waals surface area (Å²) in [4.78, 5) is 24.5. The zero-order valence-corrected chi connectivity index (χ0v) is 11.2. The highest BCUT2D eigenvalue weighted by molar-refractivity contribution is 6.11. The van der Waals surface area contributed by atoms with Gasteiger partial charge in [0, 0.05) is 16.8 Å². The largest absolute Gasteiger partial charge is 0.416 e. The summed E-state index contributed by atoms with van der Waals surface area (Å²) in [7, 11) is 0. The smallest absolute Gasteiger partial charge is 0.304 e. The van der Waals surface area contributed by atoms with E-state index in [0.717, 1.165) is 6.07 Å². The Morgan fingerprint density at radius 3 is 2.36 bits per heavy atom. The minimum atomic E-state index is -4.61. The number of amides is 1. The normalized spacial score (nSPS) is 14.1. The van der Waals surface area contributed by atoms with Gasteiger partial charge in [-0.15, -0.1) is 0 Å². The lowest BCUT2D eigenvalue weighted by atomic mass is 9.99. The molecule has 3 rings (SSSR count). The van der Waals surface area contributed by atoms with Crippen molar-refractivity contribution in [3.63, 3.8) is 0 Å². The van der Waals surface area contributed by atoms with Gasteiger partial charge in [-0.1, -0.05) is 18.2 Å². The number of nitrogens with zero attached hydrogens (tertiary/aromatic N) is 1. The minimum Gasteiger partial charge on any atom is -0.304 e. The van der Waals surface area contributed by atoms with Gasteiger partial charge in [0.15, 0.2) is 0 Å². The molecule has 0 bridgehead atoms. The molecule has 0 atom stereocenters. The SMILES string of the molecule is O=Cc1cc2c(c(C(F)(F)F)c1)CN(c1ccccc1)C2=O. The van der Waals surface area contributed by atoms with Crippen LogP contribution in [0.3, 0.4) is 0 Å². The molecule has 6 heteroatoms. The Labute approximate surface area is 124 Å². The van der Waals surface area contributed by atoms with Crippen molar-refractivity contribution in [2.75, 3.05) is 4.90 Å². The van der Waals surface area contributed by atoms with Crippen molar-refractivity contribution in [2.45, 2.75) is 12.7 Å². The highest BCUT2D eigenvalue weighted by Crippen LogP contribution is 2.39. The molecule has 2 aromatic carbocycles. The van der Waals surface area contributed by atoms with Gasteiger partial charge in [-0.25, -0.2) is 0 Å². The monoisotopic (exact) mass is 305 g/mol. The number of aldehydes is 1. The number of benzene rings is 2. The number of fused-ring (bicyclic) bond motifs is 1. The van der Waals surface area contributed by atoms with E-state index in [4.69, 9.17) is 0 Å². The lowest BCUT2D eigenvalue weighted by molar-refractivity contribution is -0.138. The van der Waals surface area contributed by atoms with Gasteiger partial charge in [-0.3, -0.25) is 9.59 Å². The molecule has 1 heterocycles. The zero-order valence-electron chi connectivity index (χ0n) is 11.2. The molecule has 0 saturated heterocycles. The third-order valence-electron chi connectivity index (χ3n) is 3.57. The number of carbonyl (C=O) groups excluding carboxylic acids is 2. The first kappa shape index (κ1) is 14.3. The second kappa shape index (κ2) is 4.98. The molecule has 1 amide bonds. The third-order valence-corrected chi connectivity index (χ3v) is 3.57. The molecule has 0 radical (unpaired) electrons. The van der Waals surface area contributed by atoms with E-state index in [1.54, 1.807) is 30.3 Å². The number of anilines is 1. The van der Waals surface area contributed by atoms with Gasteiger partial charge in [-0.05, 0) is 29.8 Å². The first-order chi connectivity index (χ1) is 10.4. The van der Waals surface area contributed by atoms with Crippen LogP contribution in [0.15, 0.2) is 42.5 Å². The molecule has 3 nitrogen and oxygen atoms in total. The average Bonchev–Trinajstić information content (AvgIpc) is 2.83. The number of halogens is 3. The van der Waals surface area contributed by atoms with E-state index in [9.17, 15) is 22.8 Å². The fourth-order valence-corrected chi connectivity index (χ4v) is 2.57. The molecule has 1 aliphatic heterocycles. The number of alkyl halides is 3. The van der Waals surface area contributed by atoms with Crippen LogP contribution in [0.25, 0.3) is 0 Å². The van der Waals surface area contributed by atoms with Crippen molar-refractivity contribution in [2.24, 2.45) is 0 Å². The number of rotatable bonds is 2. The maximum atomic E-state index is 13.2. The Morgan fingerprint density at radius 2 is 1.77 bits per heavy atom. The summed E-state index contributed by atoms with van der Waals surface area (Å²) in [5, 5.41) is 0. The Bertz CT molecular complexity index is 754. The van der Waals surface area contributed by atoms with E-state index in [2.05, 4.69) is 0 Å². The molecule has 22 heavy (non-hydrogen) atoms. The van der Waals surface area contributed by atoms with E-state index in [1.807, 2.05) is 0 Å². The summed E-state index contributed by atoms with van der Waals surface area (Å²) in [6.45, 7) is -0.161. The van der Waals surface area contributed by atoms with Crippen molar-refractivity contribution in [3.05, 3.63) is 64.7 Å². The predicted octanol–water partition coefficient (Wildman–Crippen LogP) is 3.68. The minimum absolute atomic E-state index is 0.0687. The second-order valence-electron chi connectivity index (χ2n) is 4.94. The van der Waals surface area contributed by atoms with Gasteiger partial charge >= 0.3 is 6.18 Å². The maximum Gasteiger partial charge on any atom is 0.416 e. The van der Waals surface area contributed by atoms with Crippen molar-refractivity contribution < 1.29 is 22.8 Å². The van der Waals surface area contributed by atoms with Gasteiger partial charge < -0.3 is 4.90 Å². The molecule has 0 aliphatic carbocycles. The summed E-state index contributed by atoms with van der Waals surface area (Å²) >= 11 is 0. The fourth-order valence-electron chi connectivity index (χ4n) is 2.57. The Hall–Kier alpha value is -2.63. The Morgan fingerprint density at radius 1 is 1.09 bits per heavy atom. The van der Waals surface area contributed by atoms with Crippen molar-refractivity contribution in [3.8, 4) is 0 Å². The summed E-state index contributed by atoms with van der Waals surface area (Å²) in [5.41, 5.74) is -0.731. The van der Waals surface area contributed by atoms with E-state index in [1.165, 1.54) is 11.0 Å². The quantitative estimate of drug-likeness (QED) is 0.794. The van der Waals surface area contributed by atoms with Gasteiger partial charge in [0.2, 0.25) is 0 Å². The molecule has 0 fully saturated rings. The van der Waals surface area contributed by atoms with Crippen molar-refractivity contribution in [1.82, 2.24) is 0 Å². The van der Waals surface area contributed by atoms with Crippen molar-refractivity contribution >= 4 is 17.9 Å². The van der Waals surface area contributed by atoms with E-state index in [-0.39, 0.29) is 23.2 Å². The molecule has 0 saturated carbocycles. The lowest BCUT2D eigenvalue weighted by Gasteiger charge is -2.16. The lowest BCUT2D eigenvalue weighted by Crippen LogP contribution is -2.22. The molecule has 0 aromatic heterocycles. The fraction of sp³-hybridized carbons (Fsp3) is 0.125. The first-order valence-electron chi connectivity index (χ1n) is 6.48. The highest BCUT2D eigenvalue weighted by Gasteiger charge is 2.40. The molecule has 0 spiro atoms. The molecule has 0 unspecified atom stereocenters. The average molecular weight is 305 g/mol. The summed E-state index contributed by atoms with van der Waals surface area (Å²) in [6, 6.07) is 10.5. The number of hydrogen-bond acceptors (Lipinski definition) is 2. The molecule has 0 N–H and O–H groups in total.